The Balaban J connectivity index is 1.88. The highest BCUT2D eigenvalue weighted by Gasteiger charge is 2.16. The Kier molecular flexibility index (Phi) is 3.25. The maximum atomic E-state index is 4.89. The van der Waals surface area contributed by atoms with Gasteiger partial charge in [-0.15, -0.1) is 5.10 Å². The summed E-state index contributed by atoms with van der Waals surface area (Å²) in [7, 11) is 0. The molecule has 4 heterocycles. The van der Waals surface area contributed by atoms with Crippen LogP contribution in [0.2, 0.25) is 0 Å². The summed E-state index contributed by atoms with van der Waals surface area (Å²) in [6, 6.07) is 18.2. The van der Waals surface area contributed by atoms with Crippen molar-refractivity contribution >= 4 is 16.6 Å². The highest BCUT2D eigenvalue weighted by Crippen LogP contribution is 2.31. The van der Waals surface area contributed by atoms with Crippen LogP contribution in [0.4, 0.5) is 0 Å². The standard InChI is InChI=1S/C21H15N5/c1-14-7-9-15(10-8-14)19-18-17-6-2-3-12-26(17)25-21(18)24-20(23-19)16-5-4-11-22-13-16/h2-13H,1H3. The first kappa shape index (κ1) is 14.7. The Hall–Kier alpha value is -3.60. The number of benzene rings is 1. The van der Waals surface area contributed by atoms with Gasteiger partial charge in [-0.2, -0.15) is 0 Å². The van der Waals surface area contributed by atoms with Crippen molar-refractivity contribution < 1.29 is 0 Å². The first-order valence-corrected chi connectivity index (χ1v) is 8.42. The summed E-state index contributed by atoms with van der Waals surface area (Å²) in [5.41, 5.74) is 5.70. The molecule has 4 aromatic heterocycles. The summed E-state index contributed by atoms with van der Waals surface area (Å²) in [4.78, 5) is 13.8. The number of aryl methyl sites for hydroxylation is 1. The molecule has 0 saturated heterocycles. The van der Waals surface area contributed by atoms with Crippen molar-refractivity contribution in [2.24, 2.45) is 0 Å². The van der Waals surface area contributed by atoms with E-state index in [1.165, 1.54) is 5.56 Å². The second kappa shape index (κ2) is 5.74. The van der Waals surface area contributed by atoms with Gasteiger partial charge in [0.25, 0.3) is 0 Å². The van der Waals surface area contributed by atoms with Gasteiger partial charge in [0.2, 0.25) is 0 Å². The van der Waals surface area contributed by atoms with Crippen LogP contribution in [0.15, 0.2) is 73.2 Å². The Morgan fingerprint density at radius 1 is 0.846 bits per heavy atom. The van der Waals surface area contributed by atoms with Gasteiger partial charge in [-0.05, 0) is 31.2 Å². The van der Waals surface area contributed by atoms with Gasteiger partial charge in [0, 0.05) is 29.7 Å². The molecule has 5 aromatic rings. The molecule has 5 heteroatoms. The zero-order valence-electron chi connectivity index (χ0n) is 14.2. The fourth-order valence-electron chi connectivity index (χ4n) is 3.12. The van der Waals surface area contributed by atoms with Gasteiger partial charge in [-0.1, -0.05) is 35.9 Å². The molecule has 0 aliphatic carbocycles. The van der Waals surface area contributed by atoms with Crippen molar-refractivity contribution in [3.05, 3.63) is 78.8 Å². The van der Waals surface area contributed by atoms with E-state index < -0.39 is 0 Å². The second-order valence-electron chi connectivity index (χ2n) is 6.23. The van der Waals surface area contributed by atoms with Crippen LogP contribution in [-0.4, -0.2) is 24.6 Å². The third-order valence-corrected chi connectivity index (χ3v) is 4.43. The van der Waals surface area contributed by atoms with Crippen LogP contribution in [0, 0.1) is 6.92 Å². The smallest absolute Gasteiger partial charge is 0.186 e. The van der Waals surface area contributed by atoms with Crippen LogP contribution >= 0.6 is 0 Å². The van der Waals surface area contributed by atoms with Crippen molar-refractivity contribution in [2.45, 2.75) is 6.92 Å². The lowest BCUT2D eigenvalue weighted by atomic mass is 10.1. The molecule has 0 atom stereocenters. The molecule has 0 fully saturated rings. The number of pyridine rings is 2. The zero-order valence-corrected chi connectivity index (χ0v) is 14.2. The highest BCUT2D eigenvalue weighted by molar-refractivity contribution is 6.02. The summed E-state index contributed by atoms with van der Waals surface area (Å²) in [5.74, 6) is 0.629. The van der Waals surface area contributed by atoms with E-state index in [0.717, 1.165) is 27.7 Å². The summed E-state index contributed by atoms with van der Waals surface area (Å²) >= 11 is 0. The van der Waals surface area contributed by atoms with Crippen LogP contribution in [-0.2, 0) is 0 Å². The lowest BCUT2D eigenvalue weighted by molar-refractivity contribution is 0.969. The van der Waals surface area contributed by atoms with E-state index in [9.17, 15) is 0 Å². The average molecular weight is 337 g/mol. The summed E-state index contributed by atoms with van der Waals surface area (Å²) in [6.07, 6.45) is 5.45. The molecule has 0 radical (unpaired) electrons. The SMILES string of the molecule is Cc1ccc(-c2nc(-c3cccnc3)nc3nn4ccccc4c23)cc1. The highest BCUT2D eigenvalue weighted by atomic mass is 15.2. The molecule has 5 nitrogen and oxygen atoms in total. The number of aromatic nitrogens is 5. The molecule has 0 unspecified atom stereocenters. The van der Waals surface area contributed by atoms with E-state index >= 15 is 0 Å². The van der Waals surface area contributed by atoms with E-state index in [4.69, 9.17) is 9.97 Å². The number of hydrogen-bond acceptors (Lipinski definition) is 4. The van der Waals surface area contributed by atoms with Crippen LogP contribution in [0.3, 0.4) is 0 Å². The third-order valence-electron chi connectivity index (χ3n) is 4.43. The fourth-order valence-corrected chi connectivity index (χ4v) is 3.12. The lowest BCUT2D eigenvalue weighted by Gasteiger charge is -2.07. The van der Waals surface area contributed by atoms with Crippen LogP contribution in [0.5, 0.6) is 0 Å². The molecule has 0 aliphatic heterocycles. The minimum absolute atomic E-state index is 0.629. The largest absolute Gasteiger partial charge is 0.264 e. The number of hydrogen-bond donors (Lipinski definition) is 0. The van der Waals surface area contributed by atoms with E-state index in [1.54, 1.807) is 12.4 Å². The number of rotatable bonds is 2. The maximum absolute atomic E-state index is 4.89. The van der Waals surface area contributed by atoms with Crippen molar-refractivity contribution in [2.75, 3.05) is 0 Å². The molecule has 1 aromatic carbocycles. The van der Waals surface area contributed by atoms with E-state index in [1.807, 2.05) is 41.0 Å². The zero-order chi connectivity index (χ0) is 17.5. The van der Waals surface area contributed by atoms with Gasteiger partial charge >= 0.3 is 0 Å². The quantitative estimate of drug-likeness (QED) is 0.481. The second-order valence-corrected chi connectivity index (χ2v) is 6.23. The van der Waals surface area contributed by atoms with Gasteiger partial charge in [0.05, 0.1) is 16.6 Å². The molecule has 0 bridgehead atoms. The van der Waals surface area contributed by atoms with Gasteiger partial charge in [0.15, 0.2) is 11.5 Å². The van der Waals surface area contributed by atoms with E-state index in [0.29, 0.717) is 11.5 Å². The topological polar surface area (TPSA) is 56.0 Å². The van der Waals surface area contributed by atoms with Gasteiger partial charge in [-0.25, -0.2) is 14.5 Å². The Labute approximate surface area is 150 Å². The lowest BCUT2D eigenvalue weighted by Crippen LogP contribution is -1.94. The van der Waals surface area contributed by atoms with Crippen molar-refractivity contribution in [1.82, 2.24) is 24.6 Å². The van der Waals surface area contributed by atoms with E-state index in [2.05, 4.69) is 41.3 Å². The minimum atomic E-state index is 0.629. The predicted molar refractivity (Wildman–Crippen MR) is 102 cm³/mol. The number of fused-ring (bicyclic) bond motifs is 3. The molecule has 124 valence electrons. The van der Waals surface area contributed by atoms with Crippen molar-refractivity contribution in [3.8, 4) is 22.6 Å². The molecule has 0 spiro atoms. The first-order chi connectivity index (χ1) is 12.8. The summed E-state index contributed by atoms with van der Waals surface area (Å²) in [6.45, 7) is 2.08. The Morgan fingerprint density at radius 3 is 2.54 bits per heavy atom. The minimum Gasteiger partial charge on any atom is -0.264 e. The molecule has 0 N–H and O–H groups in total. The molecular weight excluding hydrogens is 322 g/mol. The molecule has 0 amide bonds. The first-order valence-electron chi connectivity index (χ1n) is 8.42. The monoisotopic (exact) mass is 337 g/mol. The van der Waals surface area contributed by atoms with Crippen molar-refractivity contribution in [1.29, 1.82) is 0 Å². The van der Waals surface area contributed by atoms with Gasteiger partial charge in [0.1, 0.15) is 0 Å². The van der Waals surface area contributed by atoms with Crippen LogP contribution < -0.4 is 0 Å². The van der Waals surface area contributed by atoms with Gasteiger partial charge < -0.3 is 0 Å². The van der Waals surface area contributed by atoms with Crippen LogP contribution in [0.25, 0.3) is 39.2 Å². The molecule has 0 aliphatic rings. The predicted octanol–water partition coefficient (Wildman–Crippen LogP) is 4.31. The number of nitrogens with zero attached hydrogens (tertiary/aromatic N) is 5. The normalized spacial score (nSPS) is 11.3. The summed E-state index contributed by atoms with van der Waals surface area (Å²) in [5, 5.41) is 5.61. The third kappa shape index (κ3) is 2.33. The molecular formula is C21H15N5. The van der Waals surface area contributed by atoms with Crippen molar-refractivity contribution in [3.63, 3.8) is 0 Å². The van der Waals surface area contributed by atoms with Crippen LogP contribution in [0.1, 0.15) is 5.56 Å². The molecule has 0 saturated carbocycles. The summed E-state index contributed by atoms with van der Waals surface area (Å²) < 4.78 is 1.85. The maximum Gasteiger partial charge on any atom is 0.186 e. The fraction of sp³-hybridized carbons (Fsp3) is 0.0476. The van der Waals surface area contributed by atoms with Gasteiger partial charge in [-0.3, -0.25) is 4.98 Å². The molecule has 26 heavy (non-hydrogen) atoms. The van der Waals surface area contributed by atoms with E-state index in [-0.39, 0.29) is 0 Å². The Bertz CT molecular complexity index is 1220. The molecule has 5 rings (SSSR count). The average Bonchev–Trinajstić information content (AvgIpc) is 3.07. The Morgan fingerprint density at radius 2 is 1.73 bits per heavy atom.